The smallest absolute Gasteiger partial charge is 0.231 e. The Morgan fingerprint density at radius 3 is 2.47 bits per heavy atom. The van der Waals surface area contributed by atoms with Crippen LogP contribution >= 0.6 is 15.9 Å². The van der Waals surface area contributed by atoms with Gasteiger partial charge in [-0.1, -0.05) is 15.9 Å². The second-order valence-corrected chi connectivity index (χ2v) is 4.33. The molecule has 0 atom stereocenters. The maximum Gasteiger partial charge on any atom is 0.231 e. The molecule has 2 rings (SSSR count). The number of fused-ring (bicyclic) bond motifs is 1. The van der Waals surface area contributed by atoms with Crippen LogP contribution in [-0.2, 0) is 4.79 Å². The molecule has 0 bridgehead atoms. The molecule has 5 nitrogen and oxygen atoms in total. The standard InChI is InChI=1S/C8H5BrO3.C3H7NO/c9-6-1-5(3-10)8-7(2-6)11-4-12-8;1-4(2)3-5/h1-3H,4H2;3H,1-2H3. The molecule has 0 saturated heterocycles. The zero-order chi connectivity index (χ0) is 12.8. The van der Waals surface area contributed by atoms with Gasteiger partial charge < -0.3 is 14.4 Å². The first-order chi connectivity index (χ1) is 8.08. The highest BCUT2D eigenvalue weighted by atomic mass is 79.9. The van der Waals surface area contributed by atoms with Crippen LogP contribution in [0.3, 0.4) is 0 Å². The van der Waals surface area contributed by atoms with Gasteiger partial charge >= 0.3 is 0 Å². The lowest BCUT2D eigenvalue weighted by Crippen LogP contribution is -2.06. The highest BCUT2D eigenvalue weighted by molar-refractivity contribution is 9.10. The molecular formula is C11H12BrNO4. The number of rotatable bonds is 2. The van der Waals surface area contributed by atoms with E-state index in [1.807, 2.05) is 0 Å². The molecule has 1 heterocycles. The number of amides is 1. The number of benzene rings is 1. The molecule has 0 aliphatic carbocycles. The van der Waals surface area contributed by atoms with Crippen LogP contribution in [0.4, 0.5) is 0 Å². The summed E-state index contributed by atoms with van der Waals surface area (Å²) in [7, 11) is 3.38. The Morgan fingerprint density at radius 1 is 1.29 bits per heavy atom. The quantitative estimate of drug-likeness (QED) is 0.780. The minimum atomic E-state index is 0.187. The summed E-state index contributed by atoms with van der Waals surface area (Å²) in [6, 6.07) is 3.47. The van der Waals surface area contributed by atoms with Gasteiger partial charge in [0.15, 0.2) is 17.8 Å². The summed E-state index contributed by atoms with van der Waals surface area (Å²) in [5, 5.41) is 0. The van der Waals surface area contributed by atoms with Crippen LogP contribution < -0.4 is 9.47 Å². The van der Waals surface area contributed by atoms with Crippen LogP contribution in [0.5, 0.6) is 11.5 Å². The number of hydrogen-bond donors (Lipinski definition) is 0. The van der Waals surface area contributed by atoms with Gasteiger partial charge in [0.1, 0.15) is 0 Å². The first-order valence-electron chi connectivity index (χ1n) is 4.74. The third kappa shape index (κ3) is 3.74. The van der Waals surface area contributed by atoms with Gasteiger partial charge in [-0.2, -0.15) is 0 Å². The predicted molar refractivity (Wildman–Crippen MR) is 65.4 cm³/mol. The molecule has 0 unspecified atom stereocenters. The Bertz CT molecular complexity index is 420. The van der Waals surface area contributed by atoms with E-state index in [9.17, 15) is 9.59 Å². The summed E-state index contributed by atoms with van der Waals surface area (Å²) in [5.74, 6) is 1.15. The SMILES string of the molecule is CN(C)C=O.O=Cc1cc(Br)cc2c1OCO2. The fourth-order valence-corrected chi connectivity index (χ4v) is 1.54. The molecule has 0 radical (unpaired) electrons. The van der Waals surface area contributed by atoms with Crippen LogP contribution in [0.25, 0.3) is 0 Å². The van der Waals surface area contributed by atoms with Crippen LogP contribution in [0.15, 0.2) is 16.6 Å². The Balaban J connectivity index is 0.000000249. The van der Waals surface area contributed by atoms with Crippen LogP contribution in [0, 0.1) is 0 Å². The summed E-state index contributed by atoms with van der Waals surface area (Å²) in [4.78, 5) is 21.4. The van der Waals surface area contributed by atoms with E-state index in [4.69, 9.17) is 9.47 Å². The molecule has 1 aliphatic heterocycles. The molecule has 0 aromatic heterocycles. The summed E-state index contributed by atoms with van der Waals surface area (Å²) in [6.07, 6.45) is 1.50. The topological polar surface area (TPSA) is 55.8 Å². The maximum absolute atomic E-state index is 10.6. The molecule has 0 spiro atoms. The fourth-order valence-electron chi connectivity index (χ4n) is 1.09. The number of carbonyl (C=O) groups excluding carboxylic acids is 2. The zero-order valence-electron chi connectivity index (χ0n) is 9.47. The van der Waals surface area contributed by atoms with E-state index in [1.165, 1.54) is 4.90 Å². The summed E-state index contributed by atoms with van der Waals surface area (Å²) >= 11 is 3.26. The van der Waals surface area contributed by atoms with E-state index >= 15 is 0 Å². The number of nitrogens with zero attached hydrogens (tertiary/aromatic N) is 1. The van der Waals surface area contributed by atoms with Crippen molar-refractivity contribution >= 4 is 28.6 Å². The van der Waals surface area contributed by atoms with Crippen LogP contribution in [-0.4, -0.2) is 38.5 Å². The van der Waals surface area contributed by atoms with Crippen molar-refractivity contribution in [1.29, 1.82) is 0 Å². The van der Waals surface area contributed by atoms with Gasteiger partial charge in [-0.15, -0.1) is 0 Å². The molecule has 0 saturated carbocycles. The van der Waals surface area contributed by atoms with E-state index in [0.717, 1.165) is 17.2 Å². The van der Waals surface area contributed by atoms with Crippen molar-refractivity contribution < 1.29 is 19.1 Å². The lowest BCUT2D eigenvalue weighted by atomic mass is 10.2. The Hall–Kier alpha value is -1.56. The van der Waals surface area contributed by atoms with Gasteiger partial charge in [0.2, 0.25) is 13.2 Å². The van der Waals surface area contributed by atoms with E-state index in [-0.39, 0.29) is 6.79 Å². The lowest BCUT2D eigenvalue weighted by Gasteiger charge is -1.99. The van der Waals surface area contributed by atoms with Crippen molar-refractivity contribution in [1.82, 2.24) is 4.90 Å². The van der Waals surface area contributed by atoms with Crippen molar-refractivity contribution in [2.24, 2.45) is 0 Å². The van der Waals surface area contributed by atoms with Gasteiger partial charge in [-0.25, -0.2) is 0 Å². The highest BCUT2D eigenvalue weighted by Gasteiger charge is 2.17. The van der Waals surface area contributed by atoms with Crippen molar-refractivity contribution in [3.05, 3.63) is 22.2 Å². The monoisotopic (exact) mass is 301 g/mol. The third-order valence-corrected chi connectivity index (χ3v) is 2.26. The molecule has 92 valence electrons. The van der Waals surface area contributed by atoms with Crippen molar-refractivity contribution in [2.45, 2.75) is 0 Å². The third-order valence-electron chi connectivity index (χ3n) is 1.80. The van der Waals surface area contributed by atoms with Crippen LogP contribution in [0.2, 0.25) is 0 Å². The Labute approximate surface area is 107 Å². The zero-order valence-corrected chi connectivity index (χ0v) is 11.1. The van der Waals surface area contributed by atoms with Gasteiger partial charge in [-0.05, 0) is 12.1 Å². The minimum absolute atomic E-state index is 0.187. The maximum atomic E-state index is 10.6. The fraction of sp³-hybridized carbons (Fsp3) is 0.273. The van der Waals surface area contributed by atoms with Gasteiger partial charge in [0.05, 0.1) is 5.56 Å². The lowest BCUT2D eigenvalue weighted by molar-refractivity contribution is -0.115. The summed E-state index contributed by atoms with van der Waals surface area (Å²) in [5.41, 5.74) is 0.511. The Kier molecular flexibility index (Phi) is 4.96. The van der Waals surface area contributed by atoms with Crippen molar-refractivity contribution in [3.8, 4) is 11.5 Å². The highest BCUT2D eigenvalue weighted by Crippen LogP contribution is 2.37. The molecule has 0 N–H and O–H groups in total. The van der Waals surface area contributed by atoms with E-state index in [2.05, 4.69) is 15.9 Å². The van der Waals surface area contributed by atoms with Crippen molar-refractivity contribution in [2.75, 3.05) is 20.9 Å². The second-order valence-electron chi connectivity index (χ2n) is 3.42. The number of carbonyl (C=O) groups is 2. The molecule has 1 aromatic rings. The summed E-state index contributed by atoms with van der Waals surface area (Å²) < 4.78 is 11.0. The molecule has 6 heteroatoms. The number of hydrogen-bond acceptors (Lipinski definition) is 4. The van der Waals surface area contributed by atoms with E-state index in [1.54, 1.807) is 26.2 Å². The molecule has 0 fully saturated rings. The molecule has 17 heavy (non-hydrogen) atoms. The molecule has 1 aliphatic rings. The normalized spacial score (nSPS) is 11.2. The molecule has 1 amide bonds. The number of ether oxygens (including phenoxy) is 2. The average molecular weight is 302 g/mol. The number of halogens is 1. The Morgan fingerprint density at radius 2 is 1.94 bits per heavy atom. The largest absolute Gasteiger partial charge is 0.454 e. The average Bonchev–Trinajstić information content (AvgIpc) is 2.76. The molecular weight excluding hydrogens is 290 g/mol. The first kappa shape index (κ1) is 13.5. The van der Waals surface area contributed by atoms with E-state index in [0.29, 0.717) is 17.1 Å². The number of aldehydes is 1. The minimum Gasteiger partial charge on any atom is -0.454 e. The predicted octanol–water partition coefficient (Wildman–Crippen LogP) is 1.69. The van der Waals surface area contributed by atoms with Gasteiger partial charge in [0.25, 0.3) is 0 Å². The summed E-state index contributed by atoms with van der Waals surface area (Å²) in [6.45, 7) is 0.187. The van der Waals surface area contributed by atoms with E-state index < -0.39 is 0 Å². The van der Waals surface area contributed by atoms with Crippen molar-refractivity contribution in [3.63, 3.8) is 0 Å². The molecule has 1 aromatic carbocycles. The van der Waals surface area contributed by atoms with Crippen LogP contribution in [0.1, 0.15) is 10.4 Å². The van der Waals surface area contributed by atoms with Gasteiger partial charge in [-0.3, -0.25) is 9.59 Å². The first-order valence-corrected chi connectivity index (χ1v) is 5.53. The van der Waals surface area contributed by atoms with Gasteiger partial charge in [0, 0.05) is 18.6 Å². The second kappa shape index (κ2) is 6.24.